The summed E-state index contributed by atoms with van der Waals surface area (Å²) in [6.07, 6.45) is 2.64. The van der Waals surface area contributed by atoms with Crippen LogP contribution in [0.5, 0.6) is 0 Å². The van der Waals surface area contributed by atoms with Crippen LogP contribution in [-0.2, 0) is 0 Å². The third-order valence-electron chi connectivity index (χ3n) is 2.28. The van der Waals surface area contributed by atoms with Crippen molar-refractivity contribution in [3.8, 4) is 0 Å². The van der Waals surface area contributed by atoms with E-state index in [1.54, 1.807) is 0 Å². The Morgan fingerprint density at radius 3 is 2.82 bits per heavy atom. The molecule has 11 heavy (non-hydrogen) atoms. The molecule has 0 aliphatic carbocycles. The molecule has 2 heteroatoms. The van der Waals surface area contributed by atoms with Crippen molar-refractivity contribution in [3.63, 3.8) is 0 Å². The van der Waals surface area contributed by atoms with Crippen LogP contribution in [0.2, 0.25) is 0 Å². The molecule has 0 saturated carbocycles. The molecule has 1 heterocycles. The lowest BCUT2D eigenvalue weighted by Crippen LogP contribution is -2.33. The van der Waals surface area contributed by atoms with Gasteiger partial charge in [0.2, 0.25) is 0 Å². The minimum absolute atomic E-state index is 0.666. The summed E-state index contributed by atoms with van der Waals surface area (Å²) in [5, 5.41) is 0. The molecule has 1 nitrogen and oxygen atoms in total. The summed E-state index contributed by atoms with van der Waals surface area (Å²) in [7, 11) is 0. The molecule has 66 valence electrons. The van der Waals surface area contributed by atoms with Gasteiger partial charge in [0.25, 0.3) is 0 Å². The Labute approximate surface area is 74.7 Å². The lowest BCUT2D eigenvalue weighted by molar-refractivity contribution is 0.241. The van der Waals surface area contributed by atoms with E-state index in [1.165, 1.54) is 25.9 Å². The van der Waals surface area contributed by atoms with Gasteiger partial charge in [0.05, 0.1) is 0 Å². The fraction of sp³-hybridized carbons (Fsp3) is 1.00. The molecule has 1 saturated heterocycles. The van der Waals surface area contributed by atoms with E-state index in [9.17, 15) is 0 Å². The van der Waals surface area contributed by atoms with Gasteiger partial charge in [-0.05, 0) is 25.3 Å². The second-order valence-corrected chi connectivity index (χ2v) is 4.15. The van der Waals surface area contributed by atoms with Gasteiger partial charge in [0.1, 0.15) is 0 Å². The maximum atomic E-state index is 5.84. The lowest BCUT2D eigenvalue weighted by Gasteiger charge is -2.24. The van der Waals surface area contributed by atoms with Crippen molar-refractivity contribution in [2.24, 2.45) is 5.92 Å². The van der Waals surface area contributed by atoms with Crippen molar-refractivity contribution in [2.75, 3.05) is 19.0 Å². The molecule has 0 bridgehead atoms. The number of likely N-dealkylation sites (tertiary alicyclic amines) is 1. The summed E-state index contributed by atoms with van der Waals surface area (Å²) >= 11 is 5.84. The van der Waals surface area contributed by atoms with Gasteiger partial charge in [0.15, 0.2) is 0 Å². The first-order valence-corrected chi connectivity index (χ1v) is 5.07. The van der Waals surface area contributed by atoms with Crippen molar-refractivity contribution < 1.29 is 0 Å². The van der Waals surface area contributed by atoms with Crippen LogP contribution in [0.3, 0.4) is 0 Å². The molecule has 0 spiro atoms. The van der Waals surface area contributed by atoms with Crippen LogP contribution in [0.4, 0.5) is 0 Å². The van der Waals surface area contributed by atoms with E-state index >= 15 is 0 Å². The van der Waals surface area contributed by atoms with Gasteiger partial charge in [-0.3, -0.25) is 4.90 Å². The summed E-state index contributed by atoms with van der Waals surface area (Å²) in [5.74, 6) is 1.59. The van der Waals surface area contributed by atoms with E-state index in [4.69, 9.17) is 11.6 Å². The molecule has 0 aromatic heterocycles. The van der Waals surface area contributed by atoms with Gasteiger partial charge in [-0.1, -0.05) is 13.8 Å². The van der Waals surface area contributed by atoms with E-state index in [0.717, 1.165) is 11.8 Å². The number of hydrogen-bond donors (Lipinski definition) is 0. The monoisotopic (exact) mass is 175 g/mol. The molecule has 1 rings (SSSR count). The zero-order valence-electron chi connectivity index (χ0n) is 7.52. The summed E-state index contributed by atoms with van der Waals surface area (Å²) in [6.45, 7) is 7.01. The van der Waals surface area contributed by atoms with Crippen LogP contribution in [0.1, 0.15) is 26.7 Å². The Morgan fingerprint density at radius 1 is 1.55 bits per heavy atom. The summed E-state index contributed by atoms with van der Waals surface area (Å²) in [6, 6.07) is 0.666. The topological polar surface area (TPSA) is 3.24 Å². The molecule has 1 atom stereocenters. The molecule has 0 aromatic rings. The van der Waals surface area contributed by atoms with Crippen molar-refractivity contribution in [1.82, 2.24) is 4.90 Å². The minimum Gasteiger partial charge on any atom is -0.299 e. The van der Waals surface area contributed by atoms with Gasteiger partial charge < -0.3 is 0 Å². The summed E-state index contributed by atoms with van der Waals surface area (Å²) in [5.41, 5.74) is 0. The third kappa shape index (κ3) is 2.64. The molecule has 0 amide bonds. The third-order valence-corrected chi connectivity index (χ3v) is 2.63. The molecule has 0 N–H and O–H groups in total. The van der Waals surface area contributed by atoms with Crippen molar-refractivity contribution in [2.45, 2.75) is 32.7 Å². The van der Waals surface area contributed by atoms with Crippen molar-refractivity contribution >= 4 is 11.6 Å². The Morgan fingerprint density at radius 2 is 2.27 bits per heavy atom. The number of hydrogen-bond acceptors (Lipinski definition) is 1. The average molecular weight is 176 g/mol. The zero-order valence-corrected chi connectivity index (χ0v) is 8.27. The van der Waals surface area contributed by atoms with Crippen molar-refractivity contribution in [3.05, 3.63) is 0 Å². The van der Waals surface area contributed by atoms with Crippen LogP contribution in [0, 0.1) is 5.92 Å². The maximum absolute atomic E-state index is 5.84. The van der Waals surface area contributed by atoms with Gasteiger partial charge in [-0.2, -0.15) is 0 Å². The normalized spacial score (nSPS) is 26.7. The predicted molar refractivity (Wildman–Crippen MR) is 50.2 cm³/mol. The van der Waals surface area contributed by atoms with E-state index in [2.05, 4.69) is 18.7 Å². The Balaban J connectivity index is 2.31. The second kappa shape index (κ2) is 4.32. The first-order chi connectivity index (χ1) is 5.24. The predicted octanol–water partition coefficient (Wildman–Crippen LogP) is 2.35. The van der Waals surface area contributed by atoms with E-state index in [-0.39, 0.29) is 0 Å². The van der Waals surface area contributed by atoms with Crippen LogP contribution < -0.4 is 0 Å². The van der Waals surface area contributed by atoms with Crippen LogP contribution in [-0.4, -0.2) is 29.9 Å². The summed E-state index contributed by atoms with van der Waals surface area (Å²) < 4.78 is 0. The first kappa shape index (κ1) is 9.34. The standard InChI is InChI=1S/C9H18ClN/c1-8(2)7-11-5-3-4-9(11)6-10/h8-9H,3-7H2,1-2H3. The molecular formula is C9H18ClN. The highest BCUT2D eigenvalue weighted by Gasteiger charge is 2.23. The first-order valence-electron chi connectivity index (χ1n) is 4.54. The zero-order chi connectivity index (χ0) is 8.27. The number of alkyl halides is 1. The number of nitrogens with zero attached hydrogens (tertiary/aromatic N) is 1. The highest BCUT2D eigenvalue weighted by atomic mass is 35.5. The van der Waals surface area contributed by atoms with E-state index in [1.807, 2.05) is 0 Å². The fourth-order valence-corrected chi connectivity index (χ4v) is 2.13. The molecule has 1 aliphatic heterocycles. The Bertz CT molecular complexity index is 114. The molecule has 1 unspecified atom stereocenters. The van der Waals surface area contributed by atoms with Gasteiger partial charge >= 0.3 is 0 Å². The van der Waals surface area contributed by atoms with Crippen LogP contribution in [0.15, 0.2) is 0 Å². The van der Waals surface area contributed by atoms with Crippen LogP contribution in [0.25, 0.3) is 0 Å². The smallest absolute Gasteiger partial charge is 0.0379 e. The van der Waals surface area contributed by atoms with E-state index in [0.29, 0.717) is 6.04 Å². The molecule has 0 aromatic carbocycles. The SMILES string of the molecule is CC(C)CN1CCCC1CCl. The minimum atomic E-state index is 0.666. The van der Waals surface area contributed by atoms with Crippen molar-refractivity contribution in [1.29, 1.82) is 0 Å². The molecule has 1 aliphatic rings. The average Bonchev–Trinajstić information content (AvgIpc) is 2.34. The quantitative estimate of drug-likeness (QED) is 0.596. The Kier molecular flexibility index (Phi) is 3.67. The van der Waals surface area contributed by atoms with Crippen LogP contribution >= 0.6 is 11.6 Å². The van der Waals surface area contributed by atoms with Gasteiger partial charge in [0, 0.05) is 18.5 Å². The Hall–Kier alpha value is 0.250. The van der Waals surface area contributed by atoms with E-state index < -0.39 is 0 Å². The highest BCUT2D eigenvalue weighted by molar-refractivity contribution is 6.18. The summed E-state index contributed by atoms with van der Waals surface area (Å²) in [4.78, 5) is 2.53. The molecule has 0 radical (unpaired) electrons. The number of halogens is 1. The van der Waals surface area contributed by atoms with Gasteiger partial charge in [-0.15, -0.1) is 11.6 Å². The maximum Gasteiger partial charge on any atom is 0.0379 e. The fourth-order valence-electron chi connectivity index (χ4n) is 1.78. The lowest BCUT2D eigenvalue weighted by atomic mass is 10.2. The molecule has 1 fully saturated rings. The highest BCUT2D eigenvalue weighted by Crippen LogP contribution is 2.19. The van der Waals surface area contributed by atoms with Gasteiger partial charge in [-0.25, -0.2) is 0 Å². The largest absolute Gasteiger partial charge is 0.299 e. The number of rotatable bonds is 3. The molecular weight excluding hydrogens is 158 g/mol. The second-order valence-electron chi connectivity index (χ2n) is 3.84.